The van der Waals surface area contributed by atoms with Crippen molar-refractivity contribution in [2.24, 2.45) is 0 Å². The molecule has 1 aliphatic heterocycles. The number of aromatic nitrogens is 3. The number of hydrogen-bond acceptors (Lipinski definition) is 5. The molecular formula is C13H14ClN3O3. The van der Waals surface area contributed by atoms with E-state index in [1.54, 1.807) is 17.1 Å². The minimum atomic E-state index is -1.06. The van der Waals surface area contributed by atoms with E-state index in [1.807, 2.05) is 18.2 Å². The highest BCUT2D eigenvalue weighted by molar-refractivity contribution is 6.31. The molecule has 20 heavy (non-hydrogen) atoms. The van der Waals surface area contributed by atoms with Gasteiger partial charge in [-0.05, 0) is 6.07 Å². The fourth-order valence-electron chi connectivity index (χ4n) is 2.26. The van der Waals surface area contributed by atoms with Gasteiger partial charge < -0.3 is 14.6 Å². The van der Waals surface area contributed by atoms with Gasteiger partial charge in [-0.2, -0.15) is 5.10 Å². The Balaban J connectivity index is 1.98. The fraction of sp³-hybridized carbons (Fsp3) is 0.385. The van der Waals surface area contributed by atoms with Gasteiger partial charge >= 0.3 is 0 Å². The highest BCUT2D eigenvalue weighted by atomic mass is 35.5. The van der Waals surface area contributed by atoms with Gasteiger partial charge in [-0.15, -0.1) is 0 Å². The van der Waals surface area contributed by atoms with Gasteiger partial charge in [-0.25, -0.2) is 9.67 Å². The highest BCUT2D eigenvalue weighted by Crippen LogP contribution is 2.39. The maximum atomic E-state index is 9.27. The van der Waals surface area contributed by atoms with Crippen molar-refractivity contribution in [2.75, 3.05) is 13.2 Å². The summed E-state index contributed by atoms with van der Waals surface area (Å²) in [7, 11) is 0. The van der Waals surface area contributed by atoms with E-state index in [0.29, 0.717) is 23.7 Å². The summed E-state index contributed by atoms with van der Waals surface area (Å²) in [5.41, 5.74) is 0.716. The first-order chi connectivity index (χ1) is 9.73. The van der Waals surface area contributed by atoms with Crippen LogP contribution in [0.25, 0.3) is 0 Å². The van der Waals surface area contributed by atoms with Crippen LogP contribution in [0, 0.1) is 0 Å². The molecule has 7 heteroatoms. The zero-order chi connectivity index (χ0) is 14.0. The molecule has 1 N–H and O–H groups in total. The molecule has 0 spiro atoms. The molecule has 0 amide bonds. The lowest BCUT2D eigenvalue weighted by atomic mass is 10.1. The number of hydrogen-bond donors (Lipinski definition) is 1. The zero-order valence-corrected chi connectivity index (χ0v) is 11.4. The lowest BCUT2D eigenvalue weighted by Crippen LogP contribution is -2.34. The van der Waals surface area contributed by atoms with Crippen LogP contribution in [-0.2, 0) is 21.8 Å². The molecule has 0 bridgehead atoms. The first kappa shape index (κ1) is 13.5. The smallest absolute Gasteiger partial charge is 0.217 e. The Bertz CT molecular complexity index is 578. The number of rotatable bonds is 4. The van der Waals surface area contributed by atoms with E-state index in [0.717, 1.165) is 0 Å². The highest BCUT2D eigenvalue weighted by Gasteiger charge is 2.45. The van der Waals surface area contributed by atoms with E-state index in [-0.39, 0.29) is 12.7 Å². The van der Waals surface area contributed by atoms with Crippen LogP contribution in [0.1, 0.15) is 5.56 Å². The van der Waals surface area contributed by atoms with Crippen molar-refractivity contribution in [2.45, 2.75) is 18.4 Å². The van der Waals surface area contributed by atoms with Crippen molar-refractivity contribution in [3.05, 3.63) is 47.5 Å². The van der Waals surface area contributed by atoms with Crippen LogP contribution in [0.4, 0.5) is 0 Å². The largest absolute Gasteiger partial charge is 0.394 e. The van der Waals surface area contributed by atoms with Crippen LogP contribution in [-0.4, -0.2) is 39.2 Å². The van der Waals surface area contributed by atoms with E-state index >= 15 is 0 Å². The molecule has 1 aromatic heterocycles. The molecule has 106 valence electrons. The first-order valence-corrected chi connectivity index (χ1v) is 6.61. The number of aliphatic hydroxyl groups is 1. The molecule has 0 aliphatic carbocycles. The van der Waals surface area contributed by atoms with Gasteiger partial charge in [0.15, 0.2) is 0 Å². The summed E-state index contributed by atoms with van der Waals surface area (Å²) in [6, 6.07) is 7.33. The van der Waals surface area contributed by atoms with Crippen LogP contribution in [0.2, 0.25) is 5.02 Å². The third-order valence-corrected chi connectivity index (χ3v) is 3.51. The van der Waals surface area contributed by atoms with E-state index in [2.05, 4.69) is 10.1 Å². The van der Waals surface area contributed by atoms with E-state index in [9.17, 15) is 5.11 Å². The maximum Gasteiger partial charge on any atom is 0.217 e. The van der Waals surface area contributed by atoms with Gasteiger partial charge in [-0.3, -0.25) is 0 Å². The summed E-state index contributed by atoms with van der Waals surface area (Å²) in [5, 5.41) is 13.9. The average molecular weight is 296 g/mol. The second-order valence-corrected chi connectivity index (χ2v) is 4.97. The fourth-order valence-corrected chi connectivity index (χ4v) is 2.54. The SMILES string of the molecule is OC[C@@H]1CO[C@@](Cn2cncn2)(c2ccccc2Cl)O1. The van der Waals surface area contributed by atoms with Crippen molar-refractivity contribution in [3.8, 4) is 0 Å². The molecule has 0 radical (unpaired) electrons. The second kappa shape index (κ2) is 5.49. The lowest BCUT2D eigenvalue weighted by molar-refractivity contribution is -0.191. The molecule has 2 aromatic rings. The van der Waals surface area contributed by atoms with Gasteiger partial charge in [0.1, 0.15) is 25.3 Å². The summed E-state index contributed by atoms with van der Waals surface area (Å²) in [5.74, 6) is -1.06. The monoisotopic (exact) mass is 295 g/mol. The van der Waals surface area contributed by atoms with Crippen LogP contribution in [0.5, 0.6) is 0 Å². The third-order valence-electron chi connectivity index (χ3n) is 3.18. The number of benzene rings is 1. The lowest BCUT2D eigenvalue weighted by Gasteiger charge is -2.29. The summed E-state index contributed by atoms with van der Waals surface area (Å²) in [4.78, 5) is 3.91. The molecule has 2 heterocycles. The van der Waals surface area contributed by atoms with Crippen LogP contribution < -0.4 is 0 Å². The summed E-state index contributed by atoms with van der Waals surface area (Å²) in [6.07, 6.45) is 2.64. The molecule has 1 saturated heterocycles. The van der Waals surface area contributed by atoms with Crippen molar-refractivity contribution in [3.63, 3.8) is 0 Å². The molecule has 0 saturated carbocycles. The molecule has 1 fully saturated rings. The standard InChI is InChI=1S/C13H14ClN3O3/c14-12-4-2-1-3-11(12)13(7-17-9-15-8-16-17)19-6-10(5-18)20-13/h1-4,8-10,18H,5-7H2/t10-,13-/m1/s1. The summed E-state index contributed by atoms with van der Waals surface area (Å²) < 4.78 is 13.3. The second-order valence-electron chi connectivity index (χ2n) is 4.56. The van der Waals surface area contributed by atoms with Gasteiger partial charge in [0, 0.05) is 10.6 Å². The van der Waals surface area contributed by atoms with Gasteiger partial charge in [0.25, 0.3) is 0 Å². The van der Waals surface area contributed by atoms with Crippen LogP contribution >= 0.6 is 11.6 Å². The summed E-state index contributed by atoms with van der Waals surface area (Å²) in [6.45, 7) is 0.507. The van der Waals surface area contributed by atoms with Gasteiger partial charge in [0.2, 0.25) is 5.79 Å². The molecule has 2 atom stereocenters. The van der Waals surface area contributed by atoms with Crippen molar-refractivity contribution < 1.29 is 14.6 Å². The van der Waals surface area contributed by atoms with Crippen LogP contribution in [0.3, 0.4) is 0 Å². The normalized spacial score (nSPS) is 26.0. The first-order valence-electron chi connectivity index (χ1n) is 6.23. The topological polar surface area (TPSA) is 69.4 Å². The molecule has 0 unspecified atom stereocenters. The maximum absolute atomic E-state index is 9.27. The van der Waals surface area contributed by atoms with E-state index in [4.69, 9.17) is 21.1 Å². The number of aliphatic hydroxyl groups excluding tert-OH is 1. The third kappa shape index (κ3) is 2.43. The summed E-state index contributed by atoms with van der Waals surface area (Å²) >= 11 is 6.26. The van der Waals surface area contributed by atoms with Gasteiger partial charge in [-0.1, -0.05) is 29.8 Å². The quantitative estimate of drug-likeness (QED) is 0.917. The Morgan fingerprint density at radius 2 is 2.30 bits per heavy atom. The number of ether oxygens (including phenoxy) is 2. The average Bonchev–Trinajstić information content (AvgIpc) is 3.10. The number of nitrogens with zero attached hydrogens (tertiary/aromatic N) is 3. The van der Waals surface area contributed by atoms with E-state index < -0.39 is 5.79 Å². The van der Waals surface area contributed by atoms with Crippen molar-refractivity contribution in [1.82, 2.24) is 14.8 Å². The zero-order valence-electron chi connectivity index (χ0n) is 10.6. The Morgan fingerprint density at radius 3 is 2.95 bits per heavy atom. The minimum absolute atomic E-state index is 0.108. The molecule has 1 aromatic carbocycles. The van der Waals surface area contributed by atoms with Crippen molar-refractivity contribution >= 4 is 11.6 Å². The predicted octanol–water partition coefficient (Wildman–Crippen LogP) is 1.19. The molecule has 1 aliphatic rings. The predicted molar refractivity (Wildman–Crippen MR) is 71.1 cm³/mol. The Hall–Kier alpha value is -1.47. The van der Waals surface area contributed by atoms with Crippen LogP contribution in [0.15, 0.2) is 36.9 Å². The minimum Gasteiger partial charge on any atom is -0.394 e. The Morgan fingerprint density at radius 1 is 1.45 bits per heavy atom. The van der Waals surface area contributed by atoms with Crippen molar-refractivity contribution in [1.29, 1.82) is 0 Å². The Kier molecular flexibility index (Phi) is 3.71. The van der Waals surface area contributed by atoms with E-state index in [1.165, 1.54) is 6.33 Å². The number of halogens is 1. The van der Waals surface area contributed by atoms with Gasteiger partial charge in [0.05, 0.1) is 13.2 Å². The molecule has 3 rings (SSSR count). The molecular weight excluding hydrogens is 282 g/mol. The Labute approximate surface area is 120 Å². The molecule has 6 nitrogen and oxygen atoms in total.